The molecular formula is C12H24O3. The molecule has 0 aliphatic rings. The number of hydrogen-bond acceptors (Lipinski definition) is 2. The van der Waals surface area contributed by atoms with Gasteiger partial charge in [-0.1, -0.05) is 46.5 Å². The minimum absolute atomic E-state index is 0.170. The van der Waals surface area contributed by atoms with E-state index in [0.29, 0.717) is 0 Å². The SMILES string of the molecule is CCCCCCC(C)C(O)(CC)C(=O)O. The molecule has 0 rings (SSSR count). The highest BCUT2D eigenvalue weighted by atomic mass is 16.4. The number of aliphatic hydroxyl groups is 1. The molecule has 0 saturated heterocycles. The van der Waals surface area contributed by atoms with E-state index in [4.69, 9.17) is 5.11 Å². The van der Waals surface area contributed by atoms with Crippen LogP contribution in [0.5, 0.6) is 0 Å². The molecule has 0 spiro atoms. The third-order valence-electron chi connectivity index (χ3n) is 3.22. The Morgan fingerprint density at radius 2 is 1.87 bits per heavy atom. The van der Waals surface area contributed by atoms with Gasteiger partial charge in [-0.05, 0) is 18.8 Å². The summed E-state index contributed by atoms with van der Waals surface area (Å²) in [4.78, 5) is 10.9. The number of aliphatic carboxylic acids is 1. The maximum Gasteiger partial charge on any atom is 0.335 e. The van der Waals surface area contributed by atoms with Crippen molar-refractivity contribution in [2.24, 2.45) is 5.92 Å². The molecule has 2 atom stereocenters. The van der Waals surface area contributed by atoms with Gasteiger partial charge in [0.15, 0.2) is 5.60 Å². The predicted octanol–water partition coefficient (Wildman–Crippen LogP) is 2.82. The van der Waals surface area contributed by atoms with Crippen molar-refractivity contribution in [2.75, 3.05) is 0 Å². The molecule has 0 bridgehead atoms. The van der Waals surface area contributed by atoms with Crippen LogP contribution in [0.3, 0.4) is 0 Å². The van der Waals surface area contributed by atoms with Crippen LogP contribution in [0.15, 0.2) is 0 Å². The van der Waals surface area contributed by atoms with Gasteiger partial charge in [0.25, 0.3) is 0 Å². The highest BCUT2D eigenvalue weighted by Gasteiger charge is 2.39. The van der Waals surface area contributed by atoms with Crippen molar-refractivity contribution in [3.8, 4) is 0 Å². The largest absolute Gasteiger partial charge is 0.479 e. The van der Waals surface area contributed by atoms with E-state index >= 15 is 0 Å². The lowest BCUT2D eigenvalue weighted by atomic mass is 9.83. The number of carboxylic acid groups (broad SMARTS) is 1. The second-order valence-corrected chi connectivity index (χ2v) is 4.33. The number of carboxylic acids is 1. The van der Waals surface area contributed by atoms with Crippen molar-refractivity contribution in [3.63, 3.8) is 0 Å². The minimum atomic E-state index is -1.54. The fourth-order valence-corrected chi connectivity index (χ4v) is 1.83. The first-order valence-corrected chi connectivity index (χ1v) is 5.94. The second-order valence-electron chi connectivity index (χ2n) is 4.33. The zero-order chi connectivity index (χ0) is 11.9. The molecule has 15 heavy (non-hydrogen) atoms. The van der Waals surface area contributed by atoms with Crippen LogP contribution in [0.4, 0.5) is 0 Å². The molecule has 90 valence electrons. The average molecular weight is 216 g/mol. The lowest BCUT2D eigenvalue weighted by Gasteiger charge is -2.28. The summed E-state index contributed by atoms with van der Waals surface area (Å²) >= 11 is 0. The number of carbonyl (C=O) groups is 1. The molecule has 0 amide bonds. The Hall–Kier alpha value is -0.570. The van der Waals surface area contributed by atoms with Crippen LogP contribution < -0.4 is 0 Å². The smallest absolute Gasteiger partial charge is 0.335 e. The fraction of sp³-hybridized carbons (Fsp3) is 0.917. The normalized spacial score (nSPS) is 17.1. The summed E-state index contributed by atoms with van der Waals surface area (Å²) in [6.45, 7) is 5.68. The summed E-state index contributed by atoms with van der Waals surface area (Å²) in [5.74, 6) is -1.26. The molecular weight excluding hydrogens is 192 g/mol. The van der Waals surface area contributed by atoms with Crippen molar-refractivity contribution in [1.82, 2.24) is 0 Å². The Morgan fingerprint density at radius 3 is 2.27 bits per heavy atom. The van der Waals surface area contributed by atoms with Gasteiger partial charge in [0.1, 0.15) is 0 Å². The lowest BCUT2D eigenvalue weighted by Crippen LogP contribution is -2.44. The zero-order valence-corrected chi connectivity index (χ0v) is 10.1. The van der Waals surface area contributed by atoms with Gasteiger partial charge in [0, 0.05) is 0 Å². The average Bonchev–Trinajstić information content (AvgIpc) is 2.22. The van der Waals surface area contributed by atoms with Crippen molar-refractivity contribution in [3.05, 3.63) is 0 Å². The Bertz CT molecular complexity index is 191. The molecule has 0 aliphatic carbocycles. The van der Waals surface area contributed by atoms with E-state index in [0.717, 1.165) is 19.3 Å². The first-order chi connectivity index (χ1) is 6.99. The van der Waals surface area contributed by atoms with Gasteiger partial charge in [-0.2, -0.15) is 0 Å². The van der Waals surface area contributed by atoms with E-state index in [-0.39, 0.29) is 12.3 Å². The minimum Gasteiger partial charge on any atom is -0.479 e. The van der Waals surface area contributed by atoms with Gasteiger partial charge in [-0.15, -0.1) is 0 Å². The van der Waals surface area contributed by atoms with Gasteiger partial charge >= 0.3 is 5.97 Å². The van der Waals surface area contributed by atoms with Crippen molar-refractivity contribution >= 4 is 5.97 Å². The van der Waals surface area contributed by atoms with Gasteiger partial charge in [-0.3, -0.25) is 0 Å². The van der Waals surface area contributed by atoms with Crippen LogP contribution >= 0.6 is 0 Å². The molecule has 2 N–H and O–H groups in total. The Morgan fingerprint density at radius 1 is 1.27 bits per heavy atom. The van der Waals surface area contributed by atoms with E-state index in [1.54, 1.807) is 6.92 Å². The molecule has 3 heteroatoms. The Labute approximate surface area is 92.5 Å². The highest BCUT2D eigenvalue weighted by Crippen LogP contribution is 2.26. The molecule has 0 saturated carbocycles. The zero-order valence-electron chi connectivity index (χ0n) is 10.1. The van der Waals surface area contributed by atoms with Crippen molar-refractivity contribution in [1.29, 1.82) is 0 Å². The topological polar surface area (TPSA) is 57.5 Å². The van der Waals surface area contributed by atoms with Crippen LogP contribution in [-0.4, -0.2) is 21.8 Å². The van der Waals surface area contributed by atoms with Gasteiger partial charge in [0.05, 0.1) is 0 Å². The molecule has 0 heterocycles. The highest BCUT2D eigenvalue weighted by molar-refractivity contribution is 5.77. The quantitative estimate of drug-likeness (QED) is 0.613. The maximum absolute atomic E-state index is 10.9. The van der Waals surface area contributed by atoms with Gasteiger partial charge in [0.2, 0.25) is 0 Å². The summed E-state index contributed by atoms with van der Waals surface area (Å²) in [5, 5.41) is 18.9. The third-order valence-corrected chi connectivity index (χ3v) is 3.22. The molecule has 0 aromatic rings. The van der Waals surface area contributed by atoms with Crippen LogP contribution in [0.1, 0.15) is 59.3 Å². The Balaban J connectivity index is 4.05. The van der Waals surface area contributed by atoms with E-state index < -0.39 is 11.6 Å². The first kappa shape index (κ1) is 14.4. The van der Waals surface area contributed by atoms with Gasteiger partial charge < -0.3 is 10.2 Å². The maximum atomic E-state index is 10.9. The molecule has 0 radical (unpaired) electrons. The molecule has 0 aliphatic heterocycles. The molecule has 0 aromatic carbocycles. The summed E-state index contributed by atoms with van der Waals surface area (Å²) in [5.41, 5.74) is -1.54. The van der Waals surface area contributed by atoms with E-state index in [1.165, 1.54) is 12.8 Å². The van der Waals surface area contributed by atoms with Gasteiger partial charge in [-0.25, -0.2) is 4.79 Å². The standard InChI is InChI=1S/C12H24O3/c1-4-6-7-8-9-10(3)12(15,5-2)11(13)14/h10,15H,4-9H2,1-3H3,(H,13,14). The predicted molar refractivity (Wildman–Crippen MR) is 60.8 cm³/mol. The first-order valence-electron chi connectivity index (χ1n) is 5.94. The summed E-state index contributed by atoms with van der Waals surface area (Å²) in [7, 11) is 0. The van der Waals surface area contributed by atoms with Crippen LogP contribution in [0, 0.1) is 5.92 Å². The molecule has 3 nitrogen and oxygen atoms in total. The second kappa shape index (κ2) is 6.83. The summed E-state index contributed by atoms with van der Waals surface area (Å²) < 4.78 is 0. The monoisotopic (exact) mass is 216 g/mol. The van der Waals surface area contributed by atoms with E-state index in [2.05, 4.69) is 6.92 Å². The summed E-state index contributed by atoms with van der Waals surface area (Å²) in [6, 6.07) is 0. The van der Waals surface area contributed by atoms with E-state index in [1.807, 2.05) is 6.92 Å². The van der Waals surface area contributed by atoms with Crippen LogP contribution in [0.25, 0.3) is 0 Å². The molecule has 0 fully saturated rings. The lowest BCUT2D eigenvalue weighted by molar-refractivity contribution is -0.165. The van der Waals surface area contributed by atoms with Crippen LogP contribution in [-0.2, 0) is 4.79 Å². The van der Waals surface area contributed by atoms with E-state index in [9.17, 15) is 9.90 Å². The number of rotatable bonds is 8. The summed E-state index contributed by atoms with van der Waals surface area (Å²) in [6.07, 6.45) is 5.55. The van der Waals surface area contributed by atoms with Crippen molar-refractivity contribution in [2.45, 2.75) is 64.9 Å². The molecule has 2 unspecified atom stereocenters. The molecule has 0 aromatic heterocycles. The fourth-order valence-electron chi connectivity index (χ4n) is 1.83. The van der Waals surface area contributed by atoms with Crippen LogP contribution in [0.2, 0.25) is 0 Å². The Kier molecular flexibility index (Phi) is 6.57. The number of unbranched alkanes of at least 4 members (excludes halogenated alkanes) is 3. The van der Waals surface area contributed by atoms with Crippen molar-refractivity contribution < 1.29 is 15.0 Å². The number of hydrogen-bond donors (Lipinski definition) is 2. The third kappa shape index (κ3) is 4.20.